The van der Waals surface area contributed by atoms with Crippen molar-refractivity contribution in [1.29, 1.82) is 0 Å². The Hall–Kier alpha value is -4.67. The smallest absolute Gasteiger partial charge is 0.296 e. The number of aryl methyl sites for hydroxylation is 1. The number of hydrogen-bond donors (Lipinski definition) is 2. The number of amides is 1. The Morgan fingerprint density at radius 2 is 1.72 bits per heavy atom. The number of carbonyl (C=O) groups is 1. The molecule has 6 rings (SSSR count). The van der Waals surface area contributed by atoms with Crippen LogP contribution >= 0.6 is 0 Å². The summed E-state index contributed by atoms with van der Waals surface area (Å²) in [6, 6.07) is 18.2. The van der Waals surface area contributed by atoms with Crippen molar-refractivity contribution in [3.63, 3.8) is 0 Å². The summed E-state index contributed by atoms with van der Waals surface area (Å²) < 4.78 is 38.3. The lowest BCUT2D eigenvalue weighted by Crippen LogP contribution is -2.43. The molecule has 0 unspecified atom stereocenters. The first-order valence-corrected chi connectivity index (χ1v) is 12.1. The van der Waals surface area contributed by atoms with Crippen molar-refractivity contribution < 1.29 is 28.5 Å². The Morgan fingerprint density at radius 3 is 2.44 bits per heavy atom. The molecule has 0 aliphatic carbocycles. The number of aliphatic hydroxyl groups is 2. The maximum Gasteiger partial charge on any atom is 0.296 e. The number of rotatable bonds is 6. The minimum absolute atomic E-state index is 0.0477. The van der Waals surface area contributed by atoms with Crippen LogP contribution in [0.25, 0.3) is 22.0 Å². The molecule has 0 bridgehead atoms. The molecular weight excluding hydrogens is 506 g/mol. The van der Waals surface area contributed by atoms with Crippen molar-refractivity contribution in [2.45, 2.75) is 19.1 Å². The average Bonchev–Trinajstić information content (AvgIpc) is 3.40. The summed E-state index contributed by atoms with van der Waals surface area (Å²) in [6.45, 7) is -0.385. The van der Waals surface area contributed by atoms with Gasteiger partial charge in [0.05, 0.1) is 12.1 Å². The molecule has 1 amide bonds. The van der Waals surface area contributed by atoms with Gasteiger partial charge in [-0.1, -0.05) is 30.3 Å². The highest BCUT2D eigenvalue weighted by Crippen LogP contribution is 2.38. The summed E-state index contributed by atoms with van der Waals surface area (Å²) in [5.41, 5.74) is 1.47. The normalized spacial score (nSPS) is 14.2. The van der Waals surface area contributed by atoms with Crippen molar-refractivity contribution in [3.8, 4) is 16.9 Å². The number of carbonyl (C=O) groups excluding carboxylic acids is 1. The van der Waals surface area contributed by atoms with Crippen LogP contribution in [-0.4, -0.2) is 35.8 Å². The zero-order valence-corrected chi connectivity index (χ0v) is 20.7. The molecule has 0 saturated carbocycles. The summed E-state index contributed by atoms with van der Waals surface area (Å²) in [6.07, 6.45) is 3.03. The monoisotopic (exact) mass is 528 g/mol. The van der Waals surface area contributed by atoms with E-state index in [9.17, 15) is 15.0 Å². The minimum Gasteiger partial charge on any atom is -0.487 e. The predicted octanol–water partition coefficient (Wildman–Crippen LogP) is 4.24. The van der Waals surface area contributed by atoms with Gasteiger partial charge in [0.25, 0.3) is 11.8 Å². The molecule has 2 aromatic heterocycles. The first kappa shape index (κ1) is 24.7. The first-order valence-electron chi connectivity index (χ1n) is 12.1. The van der Waals surface area contributed by atoms with Crippen LogP contribution in [0.2, 0.25) is 0 Å². The zero-order chi connectivity index (χ0) is 27.3. The number of pyridine rings is 1. The molecule has 0 atom stereocenters. The highest BCUT2D eigenvalue weighted by Gasteiger charge is 2.49. The molecule has 39 heavy (non-hydrogen) atoms. The van der Waals surface area contributed by atoms with Crippen LogP contribution in [0.15, 0.2) is 79.1 Å². The molecule has 196 valence electrons. The van der Waals surface area contributed by atoms with Gasteiger partial charge in [0.1, 0.15) is 35.2 Å². The first-order chi connectivity index (χ1) is 18.7. The molecule has 2 N–H and O–H groups in total. The Kier molecular flexibility index (Phi) is 5.86. The molecule has 0 fully saturated rings. The second kappa shape index (κ2) is 9.26. The Bertz CT molecular complexity index is 1710. The Labute approximate surface area is 221 Å². The third-order valence-electron chi connectivity index (χ3n) is 6.74. The van der Waals surface area contributed by atoms with E-state index < -0.39 is 35.6 Å². The Balaban J connectivity index is 1.33. The van der Waals surface area contributed by atoms with E-state index in [1.807, 2.05) is 30.3 Å². The number of nitrogens with zero attached hydrogens (tertiary/aromatic N) is 4. The molecule has 5 aromatic rings. The number of hydrogen-bond acceptors (Lipinski definition) is 6. The van der Waals surface area contributed by atoms with Gasteiger partial charge < -0.3 is 14.9 Å². The number of benzene rings is 3. The van der Waals surface area contributed by atoms with Crippen molar-refractivity contribution in [2.24, 2.45) is 7.05 Å². The molecule has 0 saturated heterocycles. The largest absolute Gasteiger partial charge is 0.487 e. The van der Waals surface area contributed by atoms with E-state index in [1.54, 1.807) is 30.1 Å². The lowest BCUT2D eigenvalue weighted by atomic mass is 9.99. The molecule has 1 aliphatic rings. The van der Waals surface area contributed by atoms with Crippen LogP contribution in [0.1, 0.15) is 27.2 Å². The average molecular weight is 529 g/mol. The number of fused-ring (bicyclic) bond motifs is 2. The van der Waals surface area contributed by atoms with Gasteiger partial charge in [-0.3, -0.25) is 19.4 Å². The van der Waals surface area contributed by atoms with E-state index in [4.69, 9.17) is 4.74 Å². The second-order valence-electron chi connectivity index (χ2n) is 9.30. The van der Waals surface area contributed by atoms with E-state index in [-0.39, 0.29) is 16.8 Å². The topological polar surface area (TPSA) is 101 Å². The molecule has 10 heteroatoms. The van der Waals surface area contributed by atoms with Crippen molar-refractivity contribution >= 4 is 16.8 Å². The van der Waals surface area contributed by atoms with E-state index in [0.717, 1.165) is 17.7 Å². The fraction of sp³-hybridized carbons (Fsp3) is 0.138. The number of aromatic nitrogens is 3. The van der Waals surface area contributed by atoms with Gasteiger partial charge >= 0.3 is 0 Å². The van der Waals surface area contributed by atoms with Gasteiger partial charge in [-0.05, 0) is 53.1 Å². The van der Waals surface area contributed by atoms with Crippen molar-refractivity contribution in [2.75, 3.05) is 0 Å². The van der Waals surface area contributed by atoms with Gasteiger partial charge in [-0.15, -0.1) is 0 Å². The molecule has 0 radical (unpaired) electrons. The van der Waals surface area contributed by atoms with Gasteiger partial charge in [0.15, 0.2) is 0 Å². The van der Waals surface area contributed by atoms with Gasteiger partial charge in [0.2, 0.25) is 0 Å². The highest BCUT2D eigenvalue weighted by atomic mass is 19.1. The molecule has 3 heterocycles. The van der Waals surface area contributed by atoms with Crippen LogP contribution in [0.3, 0.4) is 0 Å². The van der Waals surface area contributed by atoms with Gasteiger partial charge in [0, 0.05) is 30.4 Å². The Morgan fingerprint density at radius 1 is 0.974 bits per heavy atom. The third kappa shape index (κ3) is 4.19. The van der Waals surface area contributed by atoms with Crippen LogP contribution in [0, 0.1) is 11.6 Å². The minimum atomic E-state index is -2.80. The molecule has 0 spiro atoms. The van der Waals surface area contributed by atoms with Crippen LogP contribution in [0.4, 0.5) is 8.78 Å². The molecular formula is C29H22F2N4O4. The maximum atomic E-state index is 15.3. The lowest BCUT2D eigenvalue weighted by molar-refractivity contribution is -0.255. The molecule has 8 nitrogen and oxygen atoms in total. The summed E-state index contributed by atoms with van der Waals surface area (Å²) >= 11 is 0. The van der Waals surface area contributed by atoms with Crippen LogP contribution < -0.4 is 4.74 Å². The van der Waals surface area contributed by atoms with Gasteiger partial charge in [-0.25, -0.2) is 8.78 Å². The summed E-state index contributed by atoms with van der Waals surface area (Å²) in [4.78, 5) is 17.2. The third-order valence-corrected chi connectivity index (χ3v) is 6.74. The fourth-order valence-corrected chi connectivity index (χ4v) is 4.81. The van der Waals surface area contributed by atoms with Crippen molar-refractivity contribution in [1.82, 2.24) is 19.7 Å². The molecule has 3 aromatic carbocycles. The lowest BCUT2D eigenvalue weighted by Gasteiger charge is -2.28. The van der Waals surface area contributed by atoms with E-state index >= 15 is 8.78 Å². The van der Waals surface area contributed by atoms with E-state index in [2.05, 4.69) is 10.1 Å². The van der Waals surface area contributed by atoms with Crippen LogP contribution in [-0.2, 0) is 26.1 Å². The summed E-state index contributed by atoms with van der Waals surface area (Å²) in [5.74, 6) is -4.96. The summed E-state index contributed by atoms with van der Waals surface area (Å²) in [5, 5.41) is 26.2. The predicted molar refractivity (Wildman–Crippen MR) is 137 cm³/mol. The quantitative estimate of drug-likeness (QED) is 0.320. The highest BCUT2D eigenvalue weighted by molar-refractivity contribution is 5.99. The van der Waals surface area contributed by atoms with E-state index in [1.165, 1.54) is 18.3 Å². The number of halogens is 2. The summed E-state index contributed by atoms with van der Waals surface area (Å²) in [7, 11) is 1.74. The second-order valence-corrected chi connectivity index (χ2v) is 9.30. The van der Waals surface area contributed by atoms with E-state index in [0.29, 0.717) is 33.7 Å². The zero-order valence-electron chi connectivity index (χ0n) is 20.7. The van der Waals surface area contributed by atoms with Crippen LogP contribution in [0.5, 0.6) is 5.75 Å². The molecule has 1 aliphatic heterocycles. The maximum absolute atomic E-state index is 15.3. The number of ether oxygens (including phenoxy) is 1. The van der Waals surface area contributed by atoms with Crippen molar-refractivity contribution in [3.05, 3.63) is 113 Å². The SMILES string of the molecule is Cn1cc2c(-c3cc(F)c(CN4C(=O)c5cccnc5C4(O)O)c(F)c3)ccc(OCc3ccccc3)c2n1. The van der Waals surface area contributed by atoms with Gasteiger partial charge in [-0.2, -0.15) is 5.10 Å². The fourth-order valence-electron chi connectivity index (χ4n) is 4.81. The standard InChI is InChI=1S/C29H22F2N4O4/c1-34-14-21-19(9-10-25(26(21)33-34)39-16-17-6-3-2-4-7-17)18-12-23(30)22(24(31)13-18)15-35-28(36)20-8-5-11-32-27(20)29(35,37)38/h2-14,37-38H,15-16H2,1H3.